The molecule has 1 rings (SSSR count). The summed E-state index contributed by atoms with van der Waals surface area (Å²) in [7, 11) is 0. The Bertz CT molecular complexity index is 221. The van der Waals surface area contributed by atoms with Gasteiger partial charge in [0, 0.05) is 5.88 Å². The van der Waals surface area contributed by atoms with E-state index >= 15 is 0 Å². The minimum atomic E-state index is 0.459. The van der Waals surface area contributed by atoms with Crippen LogP contribution in [0.5, 0.6) is 0 Å². The molecule has 0 aliphatic carbocycles. The minimum Gasteiger partial charge on any atom is -0.395 e. The van der Waals surface area contributed by atoms with Crippen molar-refractivity contribution in [1.29, 1.82) is 0 Å². The third-order valence-corrected chi connectivity index (χ3v) is 1.68. The zero-order chi connectivity index (χ0) is 7.56. The lowest BCUT2D eigenvalue weighted by atomic mass is 10.6. The van der Waals surface area contributed by atoms with E-state index in [2.05, 4.69) is 5.10 Å². The number of hydrogen-bond acceptors (Lipinski definition) is 2. The Hall–Kier alpha value is -0.410. The van der Waals surface area contributed by atoms with Gasteiger partial charge in [0.25, 0.3) is 0 Å². The maximum atomic E-state index is 5.70. The summed E-state index contributed by atoms with van der Waals surface area (Å²) < 4.78 is 1.56. The number of rotatable bonds is 2. The molecule has 0 bridgehead atoms. The van der Waals surface area contributed by atoms with Crippen LogP contribution in [0, 0.1) is 0 Å². The van der Waals surface area contributed by atoms with E-state index in [1.807, 2.05) is 0 Å². The van der Waals surface area contributed by atoms with Crippen LogP contribution in [0.4, 0.5) is 5.69 Å². The zero-order valence-electron chi connectivity index (χ0n) is 5.22. The highest BCUT2D eigenvalue weighted by atomic mass is 35.5. The third-order valence-electron chi connectivity index (χ3n) is 1.10. The van der Waals surface area contributed by atoms with E-state index in [0.717, 1.165) is 0 Å². The first-order valence-electron chi connectivity index (χ1n) is 2.78. The molecule has 0 radical (unpaired) electrons. The van der Waals surface area contributed by atoms with Crippen LogP contribution in [0.15, 0.2) is 6.20 Å². The molecule has 0 aromatic carbocycles. The van der Waals surface area contributed by atoms with Gasteiger partial charge in [-0.05, 0) is 0 Å². The summed E-state index contributed by atoms with van der Waals surface area (Å²) in [5, 5.41) is 4.34. The molecule has 0 atom stereocenters. The molecule has 0 saturated carbocycles. The van der Waals surface area contributed by atoms with E-state index in [1.165, 1.54) is 6.20 Å². The van der Waals surface area contributed by atoms with Crippen molar-refractivity contribution in [3.8, 4) is 0 Å². The average Bonchev–Trinajstić information content (AvgIpc) is 2.20. The first kappa shape index (κ1) is 7.69. The molecule has 0 unspecified atom stereocenters. The Balaban J connectivity index is 2.83. The summed E-state index contributed by atoms with van der Waals surface area (Å²) in [6.45, 7) is 0.595. The van der Waals surface area contributed by atoms with E-state index in [1.54, 1.807) is 4.68 Å². The number of halogens is 2. The molecular formula is C5H7Cl2N3. The second-order valence-corrected chi connectivity index (χ2v) is 2.54. The fourth-order valence-electron chi connectivity index (χ4n) is 0.621. The van der Waals surface area contributed by atoms with Crippen molar-refractivity contribution in [3.63, 3.8) is 0 Å². The molecular weight excluding hydrogens is 173 g/mol. The van der Waals surface area contributed by atoms with Gasteiger partial charge in [0.2, 0.25) is 0 Å². The van der Waals surface area contributed by atoms with Crippen molar-refractivity contribution in [2.24, 2.45) is 0 Å². The Morgan fingerprint density at radius 1 is 1.70 bits per heavy atom. The Kier molecular flexibility index (Phi) is 2.40. The molecule has 0 amide bonds. The first-order chi connectivity index (χ1) is 4.75. The summed E-state index contributed by atoms with van der Waals surface area (Å²) in [5.74, 6) is 0.487. The number of alkyl halides is 1. The average molecular weight is 180 g/mol. The maximum absolute atomic E-state index is 5.70. The van der Waals surface area contributed by atoms with Crippen molar-refractivity contribution in [1.82, 2.24) is 9.78 Å². The fraction of sp³-hybridized carbons (Fsp3) is 0.400. The Labute approximate surface area is 68.7 Å². The Morgan fingerprint density at radius 2 is 2.40 bits per heavy atom. The van der Waals surface area contributed by atoms with Gasteiger partial charge in [-0.15, -0.1) is 11.6 Å². The predicted molar refractivity (Wildman–Crippen MR) is 42.4 cm³/mol. The number of nitrogens with zero attached hydrogens (tertiary/aromatic N) is 2. The van der Waals surface area contributed by atoms with Crippen molar-refractivity contribution in [2.45, 2.75) is 6.54 Å². The van der Waals surface area contributed by atoms with Gasteiger partial charge in [0.15, 0.2) is 0 Å². The minimum absolute atomic E-state index is 0.459. The van der Waals surface area contributed by atoms with E-state index in [-0.39, 0.29) is 0 Å². The lowest BCUT2D eigenvalue weighted by molar-refractivity contribution is 0.665. The molecule has 0 aliphatic heterocycles. The van der Waals surface area contributed by atoms with Crippen molar-refractivity contribution >= 4 is 28.9 Å². The summed E-state index contributed by atoms with van der Waals surface area (Å²) in [6.07, 6.45) is 1.51. The van der Waals surface area contributed by atoms with Crippen LogP contribution in [-0.4, -0.2) is 15.7 Å². The molecule has 2 N–H and O–H groups in total. The molecule has 1 aromatic rings. The lowest BCUT2D eigenvalue weighted by Crippen LogP contribution is -2.00. The van der Waals surface area contributed by atoms with E-state index < -0.39 is 0 Å². The molecule has 1 heterocycles. The molecule has 10 heavy (non-hydrogen) atoms. The van der Waals surface area contributed by atoms with Crippen LogP contribution in [-0.2, 0) is 6.54 Å². The van der Waals surface area contributed by atoms with Gasteiger partial charge >= 0.3 is 0 Å². The molecule has 0 fully saturated rings. The van der Waals surface area contributed by atoms with Crippen molar-refractivity contribution in [3.05, 3.63) is 11.3 Å². The fourth-order valence-corrected chi connectivity index (χ4v) is 0.958. The van der Waals surface area contributed by atoms with Crippen LogP contribution < -0.4 is 5.73 Å². The summed E-state index contributed by atoms with van der Waals surface area (Å²) >= 11 is 11.2. The highest BCUT2D eigenvalue weighted by molar-refractivity contribution is 6.32. The Morgan fingerprint density at radius 3 is 2.80 bits per heavy atom. The predicted octanol–water partition coefficient (Wildman–Crippen LogP) is 1.36. The van der Waals surface area contributed by atoms with Gasteiger partial charge in [0.1, 0.15) is 5.15 Å². The lowest BCUT2D eigenvalue weighted by Gasteiger charge is -1.96. The van der Waals surface area contributed by atoms with Gasteiger partial charge < -0.3 is 5.73 Å². The largest absolute Gasteiger partial charge is 0.395 e. The van der Waals surface area contributed by atoms with Crippen LogP contribution in [0.2, 0.25) is 5.15 Å². The summed E-state index contributed by atoms with van der Waals surface area (Å²) in [5.41, 5.74) is 5.90. The number of aromatic nitrogens is 2. The molecule has 1 aromatic heterocycles. The van der Waals surface area contributed by atoms with Crippen molar-refractivity contribution in [2.75, 3.05) is 11.6 Å². The first-order valence-corrected chi connectivity index (χ1v) is 3.69. The van der Waals surface area contributed by atoms with Crippen LogP contribution >= 0.6 is 23.2 Å². The highest BCUT2D eigenvalue weighted by Crippen LogP contribution is 2.16. The normalized spacial score (nSPS) is 10.2. The second-order valence-electron chi connectivity index (χ2n) is 1.80. The molecule has 56 valence electrons. The molecule has 0 spiro atoms. The van der Waals surface area contributed by atoms with Gasteiger partial charge in [-0.2, -0.15) is 5.10 Å². The van der Waals surface area contributed by atoms with Crippen molar-refractivity contribution < 1.29 is 0 Å². The number of nitrogens with two attached hydrogens (primary N) is 1. The third kappa shape index (κ3) is 1.36. The van der Waals surface area contributed by atoms with Gasteiger partial charge in [-0.3, -0.25) is 4.68 Å². The summed E-state index contributed by atoms with van der Waals surface area (Å²) in [4.78, 5) is 0. The van der Waals surface area contributed by atoms with Crippen LogP contribution in [0.1, 0.15) is 0 Å². The van der Waals surface area contributed by atoms with Gasteiger partial charge in [-0.1, -0.05) is 11.6 Å². The van der Waals surface area contributed by atoms with Gasteiger partial charge in [0.05, 0.1) is 18.4 Å². The van der Waals surface area contributed by atoms with Crippen LogP contribution in [0.25, 0.3) is 0 Å². The maximum Gasteiger partial charge on any atom is 0.150 e. The van der Waals surface area contributed by atoms with Crippen LogP contribution in [0.3, 0.4) is 0 Å². The number of nitrogen functional groups attached to an aromatic ring is 1. The number of anilines is 1. The highest BCUT2D eigenvalue weighted by Gasteiger charge is 2.02. The number of aryl methyl sites for hydroxylation is 1. The van der Waals surface area contributed by atoms with E-state index in [4.69, 9.17) is 28.9 Å². The molecule has 0 aliphatic rings. The van der Waals surface area contributed by atoms with E-state index in [9.17, 15) is 0 Å². The van der Waals surface area contributed by atoms with E-state index in [0.29, 0.717) is 23.3 Å². The molecule has 0 saturated heterocycles. The second kappa shape index (κ2) is 3.12. The zero-order valence-corrected chi connectivity index (χ0v) is 6.73. The monoisotopic (exact) mass is 179 g/mol. The SMILES string of the molecule is Nc1cnn(CCCl)c1Cl. The van der Waals surface area contributed by atoms with Gasteiger partial charge in [-0.25, -0.2) is 0 Å². The quantitative estimate of drug-likeness (QED) is 0.698. The topological polar surface area (TPSA) is 43.8 Å². The molecule has 5 heteroatoms. The molecule has 3 nitrogen and oxygen atoms in total. The smallest absolute Gasteiger partial charge is 0.150 e. The summed E-state index contributed by atoms with van der Waals surface area (Å²) in [6, 6.07) is 0. The standard InChI is InChI=1S/C5H7Cl2N3/c6-1-2-10-5(7)4(8)3-9-10/h3H,1-2,8H2. The number of hydrogen-bond donors (Lipinski definition) is 1.